The van der Waals surface area contributed by atoms with Crippen LogP contribution in [0.4, 0.5) is 10.6 Å². The van der Waals surface area contributed by atoms with Crippen molar-refractivity contribution in [2.75, 3.05) is 37.7 Å². The average molecular weight is 399 g/mol. The molecule has 3 rings (SSSR count). The summed E-state index contributed by atoms with van der Waals surface area (Å²) >= 11 is 0. The maximum atomic E-state index is 12.5. The molecule has 0 aromatic carbocycles. The molecule has 0 radical (unpaired) electrons. The number of ether oxygens (including phenoxy) is 1. The molecule has 1 aliphatic heterocycles. The zero-order chi connectivity index (χ0) is 20.8. The molecule has 0 aliphatic carbocycles. The molecule has 0 unspecified atom stereocenters. The Bertz CT molecular complexity index is 834. The molecular formula is C21H30N6O2. The number of urea groups is 1. The number of hydrogen-bond acceptors (Lipinski definition) is 6. The molecule has 1 fully saturated rings. The summed E-state index contributed by atoms with van der Waals surface area (Å²) in [6.07, 6.45) is 1.69. The van der Waals surface area contributed by atoms with Gasteiger partial charge in [0.1, 0.15) is 11.6 Å². The van der Waals surface area contributed by atoms with Crippen LogP contribution >= 0.6 is 0 Å². The van der Waals surface area contributed by atoms with Crippen LogP contribution in [0.15, 0.2) is 24.4 Å². The molecule has 156 valence electrons. The number of carbonyl (C=O) groups is 1. The van der Waals surface area contributed by atoms with Gasteiger partial charge in [-0.2, -0.15) is 0 Å². The van der Waals surface area contributed by atoms with Gasteiger partial charge in [0, 0.05) is 62.7 Å². The smallest absolute Gasteiger partial charge is 0.317 e. The second kappa shape index (κ2) is 9.54. The summed E-state index contributed by atoms with van der Waals surface area (Å²) < 4.78 is 5.40. The maximum Gasteiger partial charge on any atom is 0.317 e. The fourth-order valence-electron chi connectivity index (χ4n) is 3.21. The fourth-order valence-corrected chi connectivity index (χ4v) is 3.21. The Hall–Kier alpha value is -2.90. The third-order valence-corrected chi connectivity index (χ3v) is 4.80. The second-order valence-corrected chi connectivity index (χ2v) is 7.45. The first-order chi connectivity index (χ1) is 14.0. The van der Waals surface area contributed by atoms with E-state index in [-0.39, 0.29) is 11.9 Å². The largest absolute Gasteiger partial charge is 0.478 e. The first kappa shape index (κ1) is 20.8. The molecule has 29 heavy (non-hydrogen) atoms. The first-order valence-corrected chi connectivity index (χ1v) is 10.2. The Balaban J connectivity index is 1.53. The van der Waals surface area contributed by atoms with Crippen LogP contribution in [0.5, 0.6) is 5.88 Å². The number of carbonyl (C=O) groups excluding carboxylic acids is 1. The van der Waals surface area contributed by atoms with Gasteiger partial charge in [0.05, 0.1) is 6.61 Å². The van der Waals surface area contributed by atoms with E-state index in [1.807, 2.05) is 36.9 Å². The summed E-state index contributed by atoms with van der Waals surface area (Å²) in [7, 11) is 0. The van der Waals surface area contributed by atoms with Gasteiger partial charge < -0.3 is 19.9 Å². The highest BCUT2D eigenvalue weighted by Crippen LogP contribution is 2.19. The summed E-state index contributed by atoms with van der Waals surface area (Å²) in [6.45, 7) is 12.0. The zero-order valence-electron chi connectivity index (χ0n) is 17.7. The van der Waals surface area contributed by atoms with Crippen LogP contribution in [0.3, 0.4) is 0 Å². The van der Waals surface area contributed by atoms with Crippen LogP contribution in [-0.2, 0) is 6.54 Å². The number of nitrogens with zero attached hydrogens (tertiary/aromatic N) is 5. The number of aryl methyl sites for hydroxylation is 1. The average Bonchev–Trinajstić information content (AvgIpc) is 2.72. The third kappa shape index (κ3) is 5.56. The lowest BCUT2D eigenvalue weighted by Gasteiger charge is -2.35. The number of aromatic nitrogens is 3. The van der Waals surface area contributed by atoms with E-state index in [1.54, 1.807) is 6.20 Å². The Morgan fingerprint density at radius 3 is 2.66 bits per heavy atom. The summed E-state index contributed by atoms with van der Waals surface area (Å²) in [5.74, 6) is 2.68. The van der Waals surface area contributed by atoms with E-state index in [0.29, 0.717) is 32.1 Å². The highest BCUT2D eigenvalue weighted by molar-refractivity contribution is 5.74. The molecule has 3 heterocycles. The molecule has 2 aromatic rings. The summed E-state index contributed by atoms with van der Waals surface area (Å²) in [5, 5.41) is 2.99. The zero-order valence-corrected chi connectivity index (χ0v) is 17.7. The van der Waals surface area contributed by atoms with Crippen molar-refractivity contribution in [1.82, 2.24) is 25.2 Å². The maximum absolute atomic E-state index is 12.5. The minimum atomic E-state index is -0.0545. The van der Waals surface area contributed by atoms with Crippen molar-refractivity contribution in [1.29, 1.82) is 0 Å². The number of anilines is 1. The minimum absolute atomic E-state index is 0.0545. The summed E-state index contributed by atoms with van der Waals surface area (Å²) in [5.41, 5.74) is 1.94. The number of amides is 2. The van der Waals surface area contributed by atoms with Crippen molar-refractivity contribution < 1.29 is 9.53 Å². The number of rotatable bonds is 6. The number of piperazine rings is 1. The third-order valence-electron chi connectivity index (χ3n) is 4.80. The van der Waals surface area contributed by atoms with E-state index in [1.165, 1.54) is 0 Å². The lowest BCUT2D eigenvalue weighted by atomic mass is 10.2. The molecule has 0 bridgehead atoms. The molecule has 2 aromatic heterocycles. The standard InChI is InChI=1S/C21H30N6O2/c1-5-29-19-13-17(6-7-22-19)14-23-21(28)27-10-8-26(9-11-27)18-12-16(4)24-20(25-18)15(2)3/h6-7,12-13,15H,5,8-11,14H2,1-4H3,(H,23,28). The Labute approximate surface area is 172 Å². The summed E-state index contributed by atoms with van der Waals surface area (Å²) in [4.78, 5) is 30.0. The van der Waals surface area contributed by atoms with Crippen molar-refractivity contribution in [3.63, 3.8) is 0 Å². The van der Waals surface area contributed by atoms with Crippen LogP contribution < -0.4 is 15.0 Å². The molecule has 0 atom stereocenters. The monoisotopic (exact) mass is 398 g/mol. The van der Waals surface area contributed by atoms with Crippen LogP contribution in [0, 0.1) is 6.92 Å². The first-order valence-electron chi connectivity index (χ1n) is 10.2. The van der Waals surface area contributed by atoms with E-state index in [0.717, 1.165) is 36.0 Å². The van der Waals surface area contributed by atoms with Gasteiger partial charge in [0.2, 0.25) is 5.88 Å². The normalized spacial score (nSPS) is 14.2. The molecule has 1 N–H and O–H groups in total. The molecule has 0 saturated carbocycles. The lowest BCUT2D eigenvalue weighted by molar-refractivity contribution is 0.193. The summed E-state index contributed by atoms with van der Waals surface area (Å²) in [6, 6.07) is 5.69. The van der Waals surface area contributed by atoms with E-state index >= 15 is 0 Å². The van der Waals surface area contributed by atoms with Gasteiger partial charge in [-0.1, -0.05) is 13.8 Å². The van der Waals surface area contributed by atoms with Crippen molar-refractivity contribution in [2.45, 2.75) is 40.2 Å². The van der Waals surface area contributed by atoms with Crippen molar-refractivity contribution in [2.24, 2.45) is 0 Å². The van der Waals surface area contributed by atoms with Crippen LogP contribution in [0.1, 0.15) is 43.8 Å². The topological polar surface area (TPSA) is 83.5 Å². The van der Waals surface area contributed by atoms with E-state index in [9.17, 15) is 4.79 Å². The Morgan fingerprint density at radius 2 is 1.97 bits per heavy atom. The molecule has 2 amide bonds. The van der Waals surface area contributed by atoms with Gasteiger partial charge in [0.25, 0.3) is 0 Å². The molecular weight excluding hydrogens is 368 g/mol. The highest BCUT2D eigenvalue weighted by Gasteiger charge is 2.22. The molecule has 1 saturated heterocycles. The highest BCUT2D eigenvalue weighted by atomic mass is 16.5. The Morgan fingerprint density at radius 1 is 1.21 bits per heavy atom. The molecule has 0 spiro atoms. The number of nitrogens with one attached hydrogen (secondary N) is 1. The van der Waals surface area contributed by atoms with Crippen molar-refractivity contribution >= 4 is 11.8 Å². The van der Waals surface area contributed by atoms with Crippen molar-refractivity contribution in [3.8, 4) is 5.88 Å². The van der Waals surface area contributed by atoms with Gasteiger partial charge in [0.15, 0.2) is 0 Å². The predicted molar refractivity (Wildman–Crippen MR) is 112 cm³/mol. The molecule has 8 heteroatoms. The van der Waals surface area contributed by atoms with Gasteiger partial charge >= 0.3 is 6.03 Å². The predicted octanol–water partition coefficient (Wildman–Crippen LogP) is 2.73. The second-order valence-electron chi connectivity index (χ2n) is 7.45. The van der Waals surface area contributed by atoms with Crippen LogP contribution in [-0.4, -0.2) is 58.7 Å². The lowest BCUT2D eigenvalue weighted by Crippen LogP contribution is -2.52. The van der Waals surface area contributed by atoms with Gasteiger partial charge in [-0.3, -0.25) is 0 Å². The van der Waals surface area contributed by atoms with Gasteiger partial charge in [-0.05, 0) is 25.5 Å². The molecule has 8 nitrogen and oxygen atoms in total. The quantitative estimate of drug-likeness (QED) is 0.806. The SMILES string of the molecule is CCOc1cc(CNC(=O)N2CCN(c3cc(C)nc(C(C)C)n3)CC2)ccn1. The van der Waals surface area contributed by atoms with E-state index in [4.69, 9.17) is 9.72 Å². The van der Waals surface area contributed by atoms with E-state index in [2.05, 4.69) is 34.0 Å². The number of pyridine rings is 1. The van der Waals surface area contributed by atoms with Crippen molar-refractivity contribution in [3.05, 3.63) is 41.5 Å². The van der Waals surface area contributed by atoms with Gasteiger partial charge in [-0.15, -0.1) is 0 Å². The van der Waals surface area contributed by atoms with Gasteiger partial charge in [-0.25, -0.2) is 19.7 Å². The fraction of sp³-hybridized carbons (Fsp3) is 0.524. The Kier molecular flexibility index (Phi) is 6.85. The van der Waals surface area contributed by atoms with Crippen LogP contribution in [0.25, 0.3) is 0 Å². The number of hydrogen-bond donors (Lipinski definition) is 1. The minimum Gasteiger partial charge on any atom is -0.478 e. The molecule has 1 aliphatic rings. The van der Waals surface area contributed by atoms with E-state index < -0.39 is 0 Å². The van der Waals surface area contributed by atoms with Crippen LogP contribution in [0.2, 0.25) is 0 Å².